The van der Waals surface area contributed by atoms with Gasteiger partial charge in [-0.2, -0.15) is 0 Å². The molecule has 2 heterocycles. The van der Waals surface area contributed by atoms with E-state index in [1.807, 2.05) is 18.2 Å². The normalized spacial score (nSPS) is 26.4. The number of fused-ring (bicyclic) bond motifs is 7. The van der Waals surface area contributed by atoms with Crippen molar-refractivity contribution in [1.82, 2.24) is 0 Å². The predicted octanol–water partition coefficient (Wildman–Crippen LogP) is 8.32. The minimum absolute atomic E-state index is 0.0104. The van der Waals surface area contributed by atoms with Crippen LogP contribution in [0.4, 0.5) is 0 Å². The number of benzene rings is 3. The Morgan fingerprint density at radius 2 is 1.81 bits per heavy atom. The van der Waals surface area contributed by atoms with Crippen molar-refractivity contribution in [1.29, 1.82) is 0 Å². The molecule has 0 unspecified atom stereocenters. The zero-order chi connectivity index (χ0) is 48.7. The topological polar surface area (TPSA) is 215 Å². The third-order valence-corrected chi connectivity index (χ3v) is 18.0. The molecule has 7 atom stereocenters. The van der Waals surface area contributed by atoms with Gasteiger partial charge >= 0.3 is 0 Å². The van der Waals surface area contributed by atoms with Gasteiger partial charge in [0.15, 0.2) is 17.3 Å². The van der Waals surface area contributed by atoms with Gasteiger partial charge in [-0.15, -0.1) is 5.76 Å². The third kappa shape index (κ3) is 11.8. The number of allylic oxidation sites excluding steroid dienone is 5. The van der Waals surface area contributed by atoms with Crippen LogP contribution in [0, 0.1) is 34.5 Å². The average Bonchev–Trinajstić information content (AvgIpc) is 3.90. The monoisotopic (exact) mass is 974 g/mol. The Kier molecular flexibility index (Phi) is 16.7. The first-order valence-corrected chi connectivity index (χ1v) is 27.3. The number of carbonyl (C=O) groups is 1. The van der Waals surface area contributed by atoms with E-state index in [2.05, 4.69) is 35.9 Å². The van der Waals surface area contributed by atoms with Crippen LogP contribution in [-0.2, 0) is 23.4 Å². The van der Waals surface area contributed by atoms with Crippen LogP contribution in [-0.4, -0.2) is 68.2 Å². The Bertz CT molecular complexity index is 2540. The number of nitrogens with two attached hydrogens (primary N) is 2. The van der Waals surface area contributed by atoms with Crippen molar-refractivity contribution in [3.05, 3.63) is 123 Å². The Balaban J connectivity index is 1.16. The summed E-state index contributed by atoms with van der Waals surface area (Å²) in [5.41, 5.74) is 18.7. The number of aromatic hydroxyl groups is 2. The number of nitrogens with zero attached hydrogens (tertiary/aromatic N) is 1. The van der Waals surface area contributed by atoms with Crippen LogP contribution in [0.25, 0.3) is 0 Å². The lowest BCUT2D eigenvalue weighted by atomic mass is 9.60. The fourth-order valence-corrected chi connectivity index (χ4v) is 14.5. The van der Waals surface area contributed by atoms with E-state index in [4.69, 9.17) is 16.2 Å². The van der Waals surface area contributed by atoms with Crippen molar-refractivity contribution in [2.75, 3.05) is 19.0 Å². The summed E-state index contributed by atoms with van der Waals surface area (Å²) < 4.78 is 6.17. The van der Waals surface area contributed by atoms with Crippen LogP contribution in [0.15, 0.2) is 89.3 Å². The van der Waals surface area contributed by atoms with Gasteiger partial charge < -0.3 is 46.8 Å². The lowest BCUT2D eigenvalue weighted by Crippen LogP contribution is -2.39. The van der Waals surface area contributed by atoms with Crippen LogP contribution in [0.1, 0.15) is 141 Å². The average molecular weight is 975 g/mol. The highest BCUT2D eigenvalue weighted by Gasteiger charge is 2.59. The zero-order valence-corrected chi connectivity index (χ0v) is 41.3. The van der Waals surface area contributed by atoms with Gasteiger partial charge in [-0.05, 0) is 138 Å². The van der Waals surface area contributed by atoms with E-state index in [1.165, 1.54) is 0 Å². The van der Waals surface area contributed by atoms with E-state index in [9.17, 15) is 35.4 Å². The number of aliphatic hydroxyl groups excluding tert-OH is 3. The predicted molar refractivity (Wildman–Crippen MR) is 274 cm³/mol. The van der Waals surface area contributed by atoms with Gasteiger partial charge in [-0.1, -0.05) is 96.4 Å². The molecule has 9 N–H and O–H groups in total. The maximum atomic E-state index is 14.2. The first-order chi connectivity index (χ1) is 33.3. The summed E-state index contributed by atoms with van der Waals surface area (Å²) in [5, 5.41) is 69.3. The second-order valence-electron chi connectivity index (χ2n) is 20.1. The molecule has 13 heteroatoms. The summed E-state index contributed by atoms with van der Waals surface area (Å²) in [6.45, 7) is 2.12. The van der Waals surface area contributed by atoms with Crippen LogP contribution in [0.2, 0.25) is 0 Å². The molecule has 2 fully saturated rings. The molecule has 8 rings (SSSR count). The van der Waals surface area contributed by atoms with Gasteiger partial charge in [0.05, 0.1) is 43.7 Å². The summed E-state index contributed by atoms with van der Waals surface area (Å²) in [5.74, 6) is 7.87. The lowest BCUT2D eigenvalue weighted by molar-refractivity contribution is -0.307. The Morgan fingerprint density at radius 1 is 1.00 bits per heavy atom. The van der Waals surface area contributed by atoms with Gasteiger partial charge in [0, 0.05) is 53.0 Å². The molecule has 0 amide bonds. The van der Waals surface area contributed by atoms with Gasteiger partial charge in [0.25, 0.3) is 0 Å². The number of ketones is 1. The molecule has 2 aliphatic heterocycles. The van der Waals surface area contributed by atoms with E-state index in [0.29, 0.717) is 71.8 Å². The Hall–Kier alpha value is -4.52. The van der Waals surface area contributed by atoms with E-state index in [0.717, 1.165) is 79.2 Å². The van der Waals surface area contributed by atoms with E-state index < -0.39 is 29.7 Å². The quantitative estimate of drug-likeness (QED) is 0.0442. The first-order valence-electron chi connectivity index (χ1n) is 24.8. The molecule has 69 heavy (non-hydrogen) atoms. The van der Waals surface area contributed by atoms with E-state index in [1.54, 1.807) is 64.2 Å². The summed E-state index contributed by atoms with van der Waals surface area (Å²) in [4.78, 5) is 18.2. The van der Waals surface area contributed by atoms with Crippen molar-refractivity contribution >= 4 is 33.1 Å². The summed E-state index contributed by atoms with van der Waals surface area (Å²) in [6, 6.07) is 14.6. The number of rotatable bonds is 10. The highest BCUT2D eigenvalue weighted by molar-refractivity contribution is 8.76. The van der Waals surface area contributed by atoms with Crippen molar-refractivity contribution < 1.29 is 40.2 Å². The Labute approximate surface area is 415 Å². The maximum absolute atomic E-state index is 14.2. The van der Waals surface area contributed by atoms with Crippen molar-refractivity contribution in [2.45, 2.75) is 133 Å². The molecule has 11 nitrogen and oxygen atoms in total. The summed E-state index contributed by atoms with van der Waals surface area (Å²) >= 11 is 0. The number of phenolic OH excluding ortho intramolecular Hbond substituents is 2. The molecule has 3 aliphatic carbocycles. The van der Waals surface area contributed by atoms with Crippen LogP contribution < -0.4 is 21.3 Å². The molecule has 0 saturated heterocycles. The SMILES string of the molecule is CCCCC[C@H](C[C@H](O)CO)C[C@@H]1CC[C@]23CSSCc4cc5c(cc4C(N)N)C#CCC4=NC=CC4=C([O-])C[C@H]5c4cc(ccc4O)CCOc4cc(ccc4O)CCC(=O)/C=C/[C@]1(C[C@H]2O)C3. The van der Waals surface area contributed by atoms with Gasteiger partial charge in [-0.3, -0.25) is 9.79 Å². The van der Waals surface area contributed by atoms with E-state index in [-0.39, 0.29) is 66.3 Å². The number of aliphatic hydroxyl groups is 3. The van der Waals surface area contributed by atoms with Crippen molar-refractivity contribution in [2.24, 2.45) is 39.1 Å². The molecular formula is C56H68N3O8S2-. The van der Waals surface area contributed by atoms with Crippen molar-refractivity contribution in [3.63, 3.8) is 0 Å². The zero-order valence-electron chi connectivity index (χ0n) is 39.7. The van der Waals surface area contributed by atoms with Crippen molar-refractivity contribution in [3.8, 4) is 29.1 Å². The molecule has 0 aromatic heterocycles. The number of ether oxygens (including phenoxy) is 1. The fraction of sp³-hybridized carbons (Fsp3) is 0.500. The standard InChI is InChI=1S/C56H69N3O8S2/c1-2-3-4-6-37(24-42(62)31-60)23-40-15-19-56-33-55(40,30-53(56)66)20-16-41(61)12-9-35-11-14-50(64)52(26-35)67-22-18-36-10-13-49(63)47(25-36)46-29-51(65)43-17-21-59-48(43)8-5-7-38-27-45(54(57)58)39(28-44(38)46)32-68-69-34-56/h10-11,13-14,16-17,20-21,25-28,37,40,42,46,53-54,60,62-66H,2-4,6,8-9,12,15,18-19,22-24,29-34,57-58H2,1H3/p-1/b20-16+,51-43?/t37-,40-,42-,46+,53+,55-,56-/m0/s1. The second kappa shape index (κ2) is 22.7. The number of aliphatic imine (C=N–C) groups is 1. The summed E-state index contributed by atoms with van der Waals surface area (Å²) in [7, 11) is 3.39. The molecule has 0 radical (unpaired) electrons. The maximum Gasteiger partial charge on any atom is 0.161 e. The molecule has 368 valence electrons. The molecule has 8 bridgehead atoms. The van der Waals surface area contributed by atoms with Crippen LogP contribution >= 0.6 is 21.6 Å². The number of carbonyl (C=O) groups excluding carboxylic acids is 1. The van der Waals surface area contributed by atoms with Gasteiger partial charge in [0.2, 0.25) is 0 Å². The van der Waals surface area contributed by atoms with Crippen LogP contribution in [0.3, 0.4) is 0 Å². The molecule has 3 aromatic rings. The fourth-order valence-electron chi connectivity index (χ4n) is 11.7. The Morgan fingerprint density at radius 3 is 2.61 bits per heavy atom. The lowest BCUT2D eigenvalue weighted by Gasteiger charge is -2.45. The van der Waals surface area contributed by atoms with Crippen LogP contribution in [0.5, 0.6) is 17.2 Å². The molecular weight excluding hydrogens is 907 g/mol. The minimum atomic E-state index is -0.811. The van der Waals surface area contributed by atoms with Gasteiger partial charge in [-0.25, -0.2) is 0 Å². The molecule has 5 aliphatic rings. The number of hydrogen-bond donors (Lipinski definition) is 7. The first kappa shape index (κ1) is 50.9. The van der Waals surface area contributed by atoms with Gasteiger partial charge in [0.1, 0.15) is 5.75 Å². The second-order valence-corrected chi connectivity index (χ2v) is 22.6. The third-order valence-electron chi connectivity index (χ3n) is 15.5. The van der Waals surface area contributed by atoms with E-state index >= 15 is 0 Å². The number of phenols is 2. The molecule has 3 aromatic carbocycles. The number of hydrogen-bond acceptors (Lipinski definition) is 13. The molecule has 0 spiro atoms. The summed E-state index contributed by atoms with van der Waals surface area (Å²) in [6.07, 6.45) is 15.1. The minimum Gasteiger partial charge on any atom is -0.875 e. The number of aryl methyl sites for hydroxylation is 1. The smallest absolute Gasteiger partial charge is 0.161 e. The highest BCUT2D eigenvalue weighted by Crippen LogP contribution is 2.64. The highest BCUT2D eigenvalue weighted by atomic mass is 33.1. The largest absolute Gasteiger partial charge is 0.875 e. The number of unbranched alkanes of at least 4 members (excludes halogenated alkanes) is 2. The molecule has 2 saturated carbocycles.